The number of carbonyl (C=O) groups is 1. The molecule has 0 spiro atoms. The molecule has 13 heavy (non-hydrogen) atoms. The minimum Gasteiger partial charge on any atom is -0.347 e. The summed E-state index contributed by atoms with van der Waals surface area (Å²) in [5.41, 5.74) is -0.391. The zero-order valence-corrected chi connectivity index (χ0v) is 8.70. The summed E-state index contributed by atoms with van der Waals surface area (Å²) >= 11 is 5.68. The number of halogens is 1. The highest BCUT2D eigenvalue weighted by molar-refractivity contribution is 6.30. The van der Waals surface area contributed by atoms with Gasteiger partial charge in [-0.1, -0.05) is 32.4 Å². The molecule has 0 atom stereocenters. The van der Waals surface area contributed by atoms with Crippen LogP contribution in [0, 0.1) is 5.41 Å². The van der Waals surface area contributed by atoms with Crippen LogP contribution in [0.2, 0.25) is 5.02 Å². The van der Waals surface area contributed by atoms with Crippen LogP contribution < -0.4 is 5.32 Å². The maximum atomic E-state index is 11.5. The van der Waals surface area contributed by atoms with E-state index in [-0.39, 0.29) is 5.91 Å². The lowest BCUT2D eigenvalue weighted by molar-refractivity contribution is -0.123. The van der Waals surface area contributed by atoms with Crippen molar-refractivity contribution < 1.29 is 4.79 Å². The molecule has 72 valence electrons. The Kier molecular flexibility index (Phi) is 2.66. The van der Waals surface area contributed by atoms with Gasteiger partial charge in [0.05, 0.1) is 5.02 Å². The zero-order chi connectivity index (χ0) is 10.1. The van der Waals surface area contributed by atoms with Gasteiger partial charge in [0.25, 0.3) is 0 Å². The van der Waals surface area contributed by atoms with Crippen molar-refractivity contribution in [2.24, 2.45) is 5.41 Å². The summed E-state index contributed by atoms with van der Waals surface area (Å²) in [5.74, 6) is 0.593. The number of H-pyrrole nitrogens is 1. The fourth-order valence-corrected chi connectivity index (χ4v) is 0.914. The standard InChI is InChI=1S/C9H13ClN2O/c1-9(2,3)8(13)12-7-4-6(10)5-11-7/h4-5,11H,1-3H3,(H,12,13). The Hall–Kier alpha value is -0.960. The van der Waals surface area contributed by atoms with Gasteiger partial charge in [0, 0.05) is 11.6 Å². The van der Waals surface area contributed by atoms with Crippen LogP contribution in [0.3, 0.4) is 0 Å². The molecule has 0 aliphatic carbocycles. The first-order valence-electron chi connectivity index (χ1n) is 4.05. The lowest BCUT2D eigenvalue weighted by Crippen LogP contribution is -2.27. The van der Waals surface area contributed by atoms with E-state index in [1.165, 1.54) is 0 Å². The Morgan fingerprint density at radius 2 is 2.15 bits per heavy atom. The highest BCUT2D eigenvalue weighted by atomic mass is 35.5. The van der Waals surface area contributed by atoms with E-state index in [2.05, 4.69) is 10.3 Å². The Labute approximate surface area is 82.5 Å². The molecule has 0 aliphatic heterocycles. The van der Waals surface area contributed by atoms with Crippen molar-refractivity contribution in [3.05, 3.63) is 17.3 Å². The summed E-state index contributed by atoms with van der Waals surface area (Å²) in [4.78, 5) is 14.3. The summed E-state index contributed by atoms with van der Waals surface area (Å²) in [6.45, 7) is 5.56. The monoisotopic (exact) mass is 200 g/mol. The van der Waals surface area contributed by atoms with Crippen LogP contribution in [-0.4, -0.2) is 10.9 Å². The Morgan fingerprint density at radius 1 is 1.54 bits per heavy atom. The number of aromatic nitrogens is 1. The molecule has 0 bridgehead atoms. The molecule has 1 aromatic heterocycles. The molecule has 0 fully saturated rings. The average Bonchev–Trinajstić information content (AvgIpc) is 2.33. The molecule has 0 unspecified atom stereocenters. The second-order valence-electron chi connectivity index (χ2n) is 3.94. The van der Waals surface area contributed by atoms with E-state index in [9.17, 15) is 4.79 Å². The fraction of sp³-hybridized carbons (Fsp3) is 0.444. The van der Waals surface area contributed by atoms with Crippen molar-refractivity contribution in [3.8, 4) is 0 Å². The molecule has 0 radical (unpaired) electrons. The number of rotatable bonds is 1. The first-order valence-corrected chi connectivity index (χ1v) is 4.43. The predicted octanol–water partition coefficient (Wildman–Crippen LogP) is 2.65. The van der Waals surface area contributed by atoms with Gasteiger partial charge in [0.2, 0.25) is 5.91 Å². The highest BCUT2D eigenvalue weighted by Gasteiger charge is 2.21. The lowest BCUT2D eigenvalue weighted by Gasteiger charge is -2.16. The summed E-state index contributed by atoms with van der Waals surface area (Å²) in [7, 11) is 0. The molecule has 2 N–H and O–H groups in total. The van der Waals surface area contributed by atoms with E-state index >= 15 is 0 Å². The van der Waals surface area contributed by atoms with Gasteiger partial charge in [-0.05, 0) is 6.07 Å². The van der Waals surface area contributed by atoms with Gasteiger partial charge in [-0.25, -0.2) is 0 Å². The van der Waals surface area contributed by atoms with E-state index in [4.69, 9.17) is 11.6 Å². The Bertz CT molecular complexity index is 312. The van der Waals surface area contributed by atoms with E-state index in [0.717, 1.165) is 0 Å². The largest absolute Gasteiger partial charge is 0.347 e. The van der Waals surface area contributed by atoms with Crippen LogP contribution in [0.15, 0.2) is 12.3 Å². The quantitative estimate of drug-likeness (QED) is 0.719. The molecule has 1 amide bonds. The van der Waals surface area contributed by atoms with Crippen molar-refractivity contribution in [2.45, 2.75) is 20.8 Å². The van der Waals surface area contributed by atoms with Crippen LogP contribution in [0.25, 0.3) is 0 Å². The second kappa shape index (κ2) is 3.42. The van der Waals surface area contributed by atoms with Crippen LogP contribution in [0.4, 0.5) is 5.82 Å². The minimum absolute atomic E-state index is 0.0361. The number of aromatic amines is 1. The third-order valence-electron chi connectivity index (χ3n) is 1.58. The summed E-state index contributed by atoms with van der Waals surface area (Å²) < 4.78 is 0. The van der Waals surface area contributed by atoms with Gasteiger partial charge in [0.1, 0.15) is 5.82 Å². The lowest BCUT2D eigenvalue weighted by atomic mass is 9.96. The fourth-order valence-electron chi connectivity index (χ4n) is 0.750. The maximum Gasteiger partial charge on any atom is 0.230 e. The number of hydrogen-bond donors (Lipinski definition) is 2. The molecule has 1 aromatic rings. The van der Waals surface area contributed by atoms with E-state index in [0.29, 0.717) is 10.8 Å². The molecular formula is C9H13ClN2O. The minimum atomic E-state index is -0.391. The average molecular weight is 201 g/mol. The van der Waals surface area contributed by atoms with Crippen molar-refractivity contribution in [1.82, 2.24) is 4.98 Å². The molecule has 0 aliphatic rings. The van der Waals surface area contributed by atoms with Crippen molar-refractivity contribution in [1.29, 1.82) is 0 Å². The molecule has 0 aromatic carbocycles. The van der Waals surface area contributed by atoms with Gasteiger partial charge in [-0.3, -0.25) is 4.79 Å². The molecule has 0 saturated heterocycles. The number of carbonyl (C=O) groups excluding carboxylic acids is 1. The zero-order valence-electron chi connectivity index (χ0n) is 7.94. The predicted molar refractivity (Wildman–Crippen MR) is 53.9 cm³/mol. The van der Waals surface area contributed by atoms with Gasteiger partial charge in [-0.15, -0.1) is 0 Å². The van der Waals surface area contributed by atoms with Crippen molar-refractivity contribution in [2.75, 3.05) is 5.32 Å². The first-order chi connectivity index (χ1) is 5.89. The molecule has 0 saturated carbocycles. The van der Waals surface area contributed by atoms with Crippen molar-refractivity contribution >= 4 is 23.3 Å². The van der Waals surface area contributed by atoms with Crippen LogP contribution in [-0.2, 0) is 4.79 Å². The van der Waals surface area contributed by atoms with E-state index in [1.54, 1.807) is 12.3 Å². The second-order valence-corrected chi connectivity index (χ2v) is 4.37. The first kappa shape index (κ1) is 10.1. The molecule has 3 nitrogen and oxygen atoms in total. The summed E-state index contributed by atoms with van der Waals surface area (Å²) in [5, 5.41) is 3.31. The van der Waals surface area contributed by atoms with Gasteiger partial charge in [-0.2, -0.15) is 0 Å². The van der Waals surface area contributed by atoms with Crippen LogP contribution >= 0.6 is 11.6 Å². The molecule has 1 rings (SSSR count). The van der Waals surface area contributed by atoms with Gasteiger partial charge >= 0.3 is 0 Å². The molecular weight excluding hydrogens is 188 g/mol. The normalized spacial score (nSPS) is 11.4. The number of anilines is 1. The van der Waals surface area contributed by atoms with Gasteiger partial charge in [0.15, 0.2) is 0 Å². The number of hydrogen-bond acceptors (Lipinski definition) is 1. The van der Waals surface area contributed by atoms with E-state index < -0.39 is 5.41 Å². The maximum absolute atomic E-state index is 11.5. The van der Waals surface area contributed by atoms with Gasteiger partial charge < -0.3 is 10.3 Å². The summed E-state index contributed by atoms with van der Waals surface area (Å²) in [6.07, 6.45) is 1.62. The number of amides is 1. The highest BCUT2D eigenvalue weighted by Crippen LogP contribution is 2.18. The topological polar surface area (TPSA) is 44.9 Å². The smallest absolute Gasteiger partial charge is 0.230 e. The molecule has 1 heterocycles. The SMILES string of the molecule is CC(C)(C)C(=O)Nc1cc(Cl)c[nH]1. The third kappa shape index (κ3) is 2.77. The Morgan fingerprint density at radius 3 is 2.54 bits per heavy atom. The summed E-state index contributed by atoms with van der Waals surface area (Å²) in [6, 6.07) is 1.67. The van der Waals surface area contributed by atoms with E-state index in [1.807, 2.05) is 20.8 Å². The van der Waals surface area contributed by atoms with Crippen molar-refractivity contribution in [3.63, 3.8) is 0 Å². The number of nitrogens with one attached hydrogen (secondary N) is 2. The third-order valence-corrected chi connectivity index (χ3v) is 1.80. The molecule has 4 heteroatoms. The van der Waals surface area contributed by atoms with Crippen LogP contribution in [0.1, 0.15) is 20.8 Å². The van der Waals surface area contributed by atoms with Crippen LogP contribution in [0.5, 0.6) is 0 Å². The Balaban J connectivity index is 2.65.